The van der Waals surface area contributed by atoms with Crippen LogP contribution in [-0.4, -0.2) is 17.8 Å². The van der Waals surface area contributed by atoms with Crippen LogP contribution in [0.25, 0.3) is 0 Å². The number of anilines is 1. The Hall–Kier alpha value is -1.22. The van der Waals surface area contributed by atoms with Gasteiger partial charge < -0.3 is 15.6 Å². The summed E-state index contributed by atoms with van der Waals surface area (Å²) in [6, 6.07) is 6.98. The van der Waals surface area contributed by atoms with E-state index in [1.54, 1.807) is 24.3 Å². The van der Waals surface area contributed by atoms with Crippen molar-refractivity contribution < 1.29 is 9.84 Å². The smallest absolute Gasteiger partial charge is 0.119 e. The van der Waals surface area contributed by atoms with E-state index in [1.165, 1.54) is 0 Å². The van der Waals surface area contributed by atoms with Crippen LogP contribution in [0.1, 0.15) is 0 Å². The Bertz CT molecular complexity index is 231. The maximum absolute atomic E-state index is 8.81. The van der Waals surface area contributed by atoms with Crippen molar-refractivity contribution in [1.29, 1.82) is 0 Å². The van der Waals surface area contributed by atoms with Crippen molar-refractivity contribution in [3.63, 3.8) is 0 Å². The summed E-state index contributed by atoms with van der Waals surface area (Å²) in [6.07, 6.45) is -0.692. The Balaban J connectivity index is 2.48. The predicted molar refractivity (Wildman–Crippen MR) is 47.7 cm³/mol. The topological polar surface area (TPSA) is 55.5 Å². The van der Waals surface area contributed by atoms with Gasteiger partial charge in [0.25, 0.3) is 0 Å². The van der Waals surface area contributed by atoms with E-state index in [9.17, 15) is 0 Å². The second kappa shape index (κ2) is 3.97. The summed E-state index contributed by atoms with van der Waals surface area (Å²) < 4.78 is 5.15. The fraction of sp³-hybridized carbons (Fsp3) is 0.222. The Kier molecular flexibility index (Phi) is 2.94. The normalized spacial score (nSPS) is 12.5. The van der Waals surface area contributed by atoms with Crippen molar-refractivity contribution in [1.82, 2.24) is 0 Å². The van der Waals surface area contributed by atoms with Gasteiger partial charge in [-0.25, -0.2) is 0 Å². The van der Waals surface area contributed by atoms with Crippen molar-refractivity contribution in [2.45, 2.75) is 6.10 Å². The van der Waals surface area contributed by atoms with Crippen LogP contribution in [0.4, 0.5) is 5.69 Å². The lowest BCUT2D eigenvalue weighted by Gasteiger charge is -2.07. The molecule has 1 unspecified atom stereocenters. The maximum Gasteiger partial charge on any atom is 0.119 e. The minimum atomic E-state index is -0.692. The molecule has 1 aromatic carbocycles. The van der Waals surface area contributed by atoms with Crippen molar-refractivity contribution >= 4 is 5.69 Å². The van der Waals surface area contributed by atoms with Crippen LogP contribution in [0.5, 0.6) is 5.75 Å². The first-order chi connectivity index (χ1) is 5.68. The maximum atomic E-state index is 8.81. The number of ether oxygens (including phenoxy) is 1. The van der Waals surface area contributed by atoms with E-state index in [0.29, 0.717) is 11.4 Å². The third kappa shape index (κ3) is 2.80. The van der Waals surface area contributed by atoms with Crippen molar-refractivity contribution in [3.8, 4) is 5.75 Å². The van der Waals surface area contributed by atoms with Crippen LogP contribution >= 0.6 is 0 Å². The molecule has 1 radical (unpaired) electrons. The monoisotopic (exact) mass is 166 g/mol. The van der Waals surface area contributed by atoms with Crippen LogP contribution in [0.3, 0.4) is 0 Å². The van der Waals surface area contributed by atoms with Gasteiger partial charge in [0.05, 0.1) is 6.10 Å². The van der Waals surface area contributed by atoms with Gasteiger partial charge in [-0.1, -0.05) is 0 Å². The summed E-state index contributed by atoms with van der Waals surface area (Å²) in [6.45, 7) is 3.58. The zero-order valence-electron chi connectivity index (χ0n) is 6.73. The van der Waals surface area contributed by atoms with Gasteiger partial charge in [-0.05, 0) is 31.2 Å². The number of rotatable bonds is 3. The van der Waals surface area contributed by atoms with Crippen molar-refractivity contribution in [2.24, 2.45) is 0 Å². The molecule has 3 nitrogen and oxygen atoms in total. The second-order valence-electron chi connectivity index (χ2n) is 2.53. The lowest BCUT2D eigenvalue weighted by Crippen LogP contribution is -2.12. The molecule has 0 amide bonds. The Morgan fingerprint density at radius 1 is 1.42 bits per heavy atom. The van der Waals surface area contributed by atoms with E-state index in [-0.39, 0.29) is 6.61 Å². The molecule has 65 valence electrons. The summed E-state index contributed by atoms with van der Waals surface area (Å²) in [4.78, 5) is 0. The molecule has 12 heavy (non-hydrogen) atoms. The summed E-state index contributed by atoms with van der Waals surface area (Å²) in [5, 5.41) is 8.81. The standard InChI is InChI=1S/C9H12NO2/c1-7(11)6-12-9-4-2-8(10)3-5-9/h2-5,7,11H,1,6,10H2. The first kappa shape index (κ1) is 8.87. The molecule has 0 saturated heterocycles. The molecule has 0 fully saturated rings. The molecule has 0 aliphatic heterocycles. The van der Waals surface area contributed by atoms with E-state index < -0.39 is 6.10 Å². The van der Waals surface area contributed by atoms with Gasteiger partial charge in [0.1, 0.15) is 12.4 Å². The minimum Gasteiger partial charge on any atom is -0.491 e. The Labute approximate surface area is 71.8 Å². The fourth-order valence-corrected chi connectivity index (χ4v) is 0.756. The first-order valence-corrected chi connectivity index (χ1v) is 3.68. The highest BCUT2D eigenvalue weighted by molar-refractivity contribution is 5.41. The number of benzene rings is 1. The van der Waals surface area contributed by atoms with Crippen LogP contribution in [-0.2, 0) is 0 Å². The number of nitrogen functional groups attached to an aromatic ring is 1. The number of nitrogens with two attached hydrogens (primary N) is 1. The van der Waals surface area contributed by atoms with Gasteiger partial charge >= 0.3 is 0 Å². The molecule has 1 rings (SSSR count). The lowest BCUT2D eigenvalue weighted by molar-refractivity contribution is 0.142. The molecule has 0 aromatic heterocycles. The van der Waals surface area contributed by atoms with Gasteiger partial charge in [0, 0.05) is 5.69 Å². The molecule has 3 N–H and O–H groups in total. The SMILES string of the molecule is [CH2]C(O)COc1ccc(N)cc1. The minimum absolute atomic E-state index is 0.198. The molecular weight excluding hydrogens is 154 g/mol. The second-order valence-corrected chi connectivity index (χ2v) is 2.53. The zero-order valence-corrected chi connectivity index (χ0v) is 6.73. The highest BCUT2D eigenvalue weighted by Crippen LogP contribution is 2.12. The van der Waals surface area contributed by atoms with Crippen LogP contribution in [0.15, 0.2) is 24.3 Å². The zero-order chi connectivity index (χ0) is 8.97. The van der Waals surface area contributed by atoms with Crippen LogP contribution in [0, 0.1) is 6.92 Å². The third-order valence-corrected chi connectivity index (χ3v) is 1.32. The molecule has 1 aromatic rings. The van der Waals surface area contributed by atoms with Gasteiger partial charge in [0.15, 0.2) is 0 Å². The van der Waals surface area contributed by atoms with Crippen LogP contribution < -0.4 is 10.5 Å². The highest BCUT2D eigenvalue weighted by atomic mass is 16.5. The molecule has 3 heteroatoms. The number of aliphatic hydroxyl groups is 1. The summed E-state index contributed by atoms with van der Waals surface area (Å²) in [7, 11) is 0. The summed E-state index contributed by atoms with van der Waals surface area (Å²) in [5.74, 6) is 0.687. The highest BCUT2D eigenvalue weighted by Gasteiger charge is 1.96. The van der Waals surface area contributed by atoms with E-state index in [0.717, 1.165) is 0 Å². The molecule has 0 saturated carbocycles. The molecule has 0 spiro atoms. The van der Waals surface area contributed by atoms with E-state index in [1.807, 2.05) is 0 Å². The molecule has 0 bridgehead atoms. The summed E-state index contributed by atoms with van der Waals surface area (Å²) in [5.41, 5.74) is 6.16. The quantitative estimate of drug-likeness (QED) is 0.654. The molecule has 0 heterocycles. The third-order valence-electron chi connectivity index (χ3n) is 1.32. The average Bonchev–Trinajstić information content (AvgIpc) is 2.03. The number of hydrogen-bond acceptors (Lipinski definition) is 3. The number of hydrogen-bond donors (Lipinski definition) is 2. The molecular formula is C9H12NO2. The van der Waals surface area contributed by atoms with E-state index >= 15 is 0 Å². The molecule has 0 aliphatic rings. The summed E-state index contributed by atoms with van der Waals surface area (Å²) >= 11 is 0. The molecule has 1 atom stereocenters. The van der Waals surface area contributed by atoms with Gasteiger partial charge in [-0.15, -0.1) is 0 Å². The Morgan fingerprint density at radius 3 is 2.50 bits per heavy atom. The predicted octanol–water partition coefficient (Wildman–Crippen LogP) is 0.843. The first-order valence-electron chi connectivity index (χ1n) is 3.68. The van der Waals surface area contributed by atoms with E-state index in [4.69, 9.17) is 15.6 Å². The largest absolute Gasteiger partial charge is 0.491 e. The van der Waals surface area contributed by atoms with Gasteiger partial charge in [-0.3, -0.25) is 0 Å². The van der Waals surface area contributed by atoms with Gasteiger partial charge in [-0.2, -0.15) is 0 Å². The van der Waals surface area contributed by atoms with Crippen molar-refractivity contribution in [3.05, 3.63) is 31.2 Å². The average molecular weight is 166 g/mol. The van der Waals surface area contributed by atoms with Crippen molar-refractivity contribution in [2.75, 3.05) is 12.3 Å². The Morgan fingerprint density at radius 2 is 2.00 bits per heavy atom. The fourth-order valence-electron chi connectivity index (χ4n) is 0.756. The van der Waals surface area contributed by atoms with Gasteiger partial charge in [0.2, 0.25) is 0 Å². The van der Waals surface area contributed by atoms with Crippen LogP contribution in [0.2, 0.25) is 0 Å². The van der Waals surface area contributed by atoms with E-state index in [2.05, 4.69) is 6.92 Å². The molecule has 0 aliphatic carbocycles. The number of aliphatic hydroxyl groups excluding tert-OH is 1. The lowest BCUT2D eigenvalue weighted by atomic mass is 10.3.